The summed E-state index contributed by atoms with van der Waals surface area (Å²) in [6, 6.07) is 11.7. The topological polar surface area (TPSA) is 76.7 Å². The normalized spacial score (nSPS) is 10.2. The molecule has 0 unspecified atom stereocenters. The Hall–Kier alpha value is -2.87. The lowest BCUT2D eigenvalue weighted by atomic mass is 10.2. The molecule has 0 saturated carbocycles. The quantitative estimate of drug-likeness (QED) is 0.767. The van der Waals surface area contributed by atoms with Gasteiger partial charge in [0.25, 0.3) is 11.8 Å². The Balaban J connectivity index is 1.83. The first-order valence-corrected chi connectivity index (χ1v) is 7.35. The number of ether oxygens (including phenoxy) is 2. The first-order chi connectivity index (χ1) is 12.0. The third kappa shape index (κ3) is 5.92. The second-order valence-corrected chi connectivity index (χ2v) is 5.03. The highest BCUT2D eigenvalue weighted by Crippen LogP contribution is 2.22. The van der Waals surface area contributed by atoms with Crippen molar-refractivity contribution in [1.29, 1.82) is 0 Å². The fourth-order valence-corrected chi connectivity index (χ4v) is 1.94. The summed E-state index contributed by atoms with van der Waals surface area (Å²) < 4.78 is 33.7. The van der Waals surface area contributed by atoms with E-state index in [9.17, 15) is 18.4 Å². The summed E-state index contributed by atoms with van der Waals surface area (Å²) in [6.07, 6.45) is 0. The molecule has 0 radical (unpaired) electrons. The average Bonchev–Trinajstić information content (AvgIpc) is 2.58. The van der Waals surface area contributed by atoms with E-state index >= 15 is 0 Å². The minimum absolute atomic E-state index is 0.0328. The van der Waals surface area contributed by atoms with Crippen molar-refractivity contribution in [3.05, 3.63) is 59.1 Å². The maximum absolute atomic E-state index is 12.2. The average molecular weight is 371 g/mol. The van der Waals surface area contributed by atoms with E-state index < -0.39 is 18.4 Å². The first-order valence-electron chi connectivity index (χ1n) is 6.97. The molecule has 0 bridgehead atoms. The number of hydrogen-bond acceptors (Lipinski definition) is 4. The minimum atomic E-state index is -3.00. The van der Waals surface area contributed by atoms with E-state index in [1.165, 1.54) is 18.2 Å². The standard InChI is InChI=1S/C16H13ClF2N2O4/c17-12-6-1-2-7-13(12)24-9-14(22)20-21-15(23)10-4-3-5-11(8-10)25-16(18)19/h1-8,16H,9H2,(H,20,22)(H,21,23). The van der Waals surface area contributed by atoms with Crippen molar-refractivity contribution in [2.24, 2.45) is 0 Å². The summed E-state index contributed by atoms with van der Waals surface area (Å²) in [5.41, 5.74) is 4.30. The van der Waals surface area contributed by atoms with E-state index in [0.717, 1.165) is 6.07 Å². The molecule has 9 heteroatoms. The van der Waals surface area contributed by atoms with Crippen LogP contribution < -0.4 is 20.3 Å². The molecule has 2 aromatic rings. The van der Waals surface area contributed by atoms with E-state index in [0.29, 0.717) is 10.8 Å². The van der Waals surface area contributed by atoms with Gasteiger partial charge in [-0.15, -0.1) is 0 Å². The summed E-state index contributed by atoms with van der Waals surface area (Å²) >= 11 is 5.87. The molecule has 0 aromatic heterocycles. The van der Waals surface area contributed by atoms with Crippen molar-refractivity contribution in [1.82, 2.24) is 10.9 Å². The van der Waals surface area contributed by atoms with Gasteiger partial charge in [0.1, 0.15) is 11.5 Å². The van der Waals surface area contributed by atoms with Crippen molar-refractivity contribution < 1.29 is 27.8 Å². The number of para-hydroxylation sites is 1. The van der Waals surface area contributed by atoms with Crippen LogP contribution in [0.1, 0.15) is 10.4 Å². The Bertz CT molecular complexity index is 758. The molecule has 6 nitrogen and oxygen atoms in total. The molecule has 25 heavy (non-hydrogen) atoms. The van der Waals surface area contributed by atoms with Gasteiger partial charge in [-0.25, -0.2) is 0 Å². The Morgan fingerprint density at radius 3 is 2.56 bits per heavy atom. The zero-order valence-corrected chi connectivity index (χ0v) is 13.4. The molecule has 0 saturated heterocycles. The Labute approximate surface area is 146 Å². The summed E-state index contributed by atoms with van der Waals surface area (Å²) in [5.74, 6) is -1.18. The number of hydrazine groups is 1. The third-order valence-electron chi connectivity index (χ3n) is 2.83. The van der Waals surface area contributed by atoms with Gasteiger partial charge in [0.2, 0.25) is 0 Å². The minimum Gasteiger partial charge on any atom is -0.482 e. The molecule has 0 aliphatic heterocycles. The van der Waals surface area contributed by atoms with E-state index in [-0.39, 0.29) is 17.9 Å². The fraction of sp³-hybridized carbons (Fsp3) is 0.125. The molecular weight excluding hydrogens is 358 g/mol. The Morgan fingerprint density at radius 2 is 1.84 bits per heavy atom. The molecule has 2 aromatic carbocycles. The highest BCUT2D eigenvalue weighted by molar-refractivity contribution is 6.32. The maximum atomic E-state index is 12.2. The molecule has 0 atom stereocenters. The predicted octanol–water partition coefficient (Wildman–Crippen LogP) is 2.78. The van der Waals surface area contributed by atoms with Gasteiger partial charge in [0, 0.05) is 5.56 Å². The van der Waals surface area contributed by atoms with E-state index in [1.807, 2.05) is 0 Å². The van der Waals surface area contributed by atoms with Crippen LogP contribution in [0.5, 0.6) is 11.5 Å². The summed E-state index contributed by atoms with van der Waals surface area (Å²) in [5, 5.41) is 0.343. The number of hydrogen-bond donors (Lipinski definition) is 2. The Kier molecular flexibility index (Phi) is 6.53. The van der Waals surface area contributed by atoms with Crippen LogP contribution in [0.3, 0.4) is 0 Å². The number of alkyl halides is 2. The van der Waals surface area contributed by atoms with E-state index in [4.69, 9.17) is 16.3 Å². The van der Waals surface area contributed by atoms with E-state index in [1.54, 1.807) is 24.3 Å². The lowest BCUT2D eigenvalue weighted by Crippen LogP contribution is -2.43. The van der Waals surface area contributed by atoms with Crippen molar-refractivity contribution in [2.45, 2.75) is 6.61 Å². The van der Waals surface area contributed by atoms with Crippen LogP contribution in [-0.4, -0.2) is 25.0 Å². The second-order valence-electron chi connectivity index (χ2n) is 4.63. The third-order valence-corrected chi connectivity index (χ3v) is 3.14. The van der Waals surface area contributed by atoms with Crippen molar-refractivity contribution in [3.63, 3.8) is 0 Å². The molecule has 2 amide bonds. The van der Waals surface area contributed by atoms with Gasteiger partial charge in [0.05, 0.1) is 5.02 Å². The molecule has 2 rings (SSSR count). The number of rotatable bonds is 6. The van der Waals surface area contributed by atoms with Crippen molar-refractivity contribution in [3.8, 4) is 11.5 Å². The van der Waals surface area contributed by atoms with E-state index in [2.05, 4.69) is 15.6 Å². The number of carbonyl (C=O) groups is 2. The van der Waals surface area contributed by atoms with Gasteiger partial charge in [-0.3, -0.25) is 20.4 Å². The SMILES string of the molecule is O=C(COc1ccccc1Cl)NNC(=O)c1cccc(OC(F)F)c1. The molecular formula is C16H13ClF2N2O4. The summed E-state index contributed by atoms with van der Waals surface area (Å²) in [4.78, 5) is 23.5. The molecule has 0 spiro atoms. The van der Waals surface area contributed by atoms with Gasteiger partial charge in [-0.2, -0.15) is 8.78 Å². The first kappa shape index (κ1) is 18.5. The largest absolute Gasteiger partial charge is 0.482 e. The Morgan fingerprint density at radius 1 is 1.08 bits per heavy atom. The zero-order valence-electron chi connectivity index (χ0n) is 12.7. The molecule has 0 aliphatic carbocycles. The summed E-state index contributed by atoms with van der Waals surface area (Å²) in [7, 11) is 0. The monoisotopic (exact) mass is 370 g/mol. The van der Waals surface area contributed by atoms with Crippen molar-refractivity contribution in [2.75, 3.05) is 6.61 Å². The molecule has 132 valence electrons. The highest BCUT2D eigenvalue weighted by Gasteiger charge is 2.11. The number of amides is 2. The lowest BCUT2D eigenvalue weighted by molar-refractivity contribution is -0.123. The van der Waals surface area contributed by atoms with Crippen LogP contribution in [0.15, 0.2) is 48.5 Å². The summed E-state index contributed by atoms with van der Waals surface area (Å²) in [6.45, 7) is -3.38. The van der Waals surface area contributed by atoms with Crippen LogP contribution in [0.25, 0.3) is 0 Å². The van der Waals surface area contributed by atoms with Gasteiger partial charge in [0.15, 0.2) is 6.61 Å². The number of nitrogens with one attached hydrogen (secondary N) is 2. The van der Waals surface area contributed by atoms with Gasteiger partial charge in [-0.05, 0) is 30.3 Å². The van der Waals surface area contributed by atoms with Crippen LogP contribution >= 0.6 is 11.6 Å². The number of carbonyl (C=O) groups excluding carboxylic acids is 2. The second kappa shape index (κ2) is 8.84. The zero-order chi connectivity index (χ0) is 18.2. The number of halogens is 3. The number of benzene rings is 2. The highest BCUT2D eigenvalue weighted by atomic mass is 35.5. The van der Waals surface area contributed by atoms with Crippen LogP contribution in [-0.2, 0) is 4.79 Å². The van der Waals surface area contributed by atoms with Crippen LogP contribution in [0.4, 0.5) is 8.78 Å². The predicted molar refractivity (Wildman–Crippen MR) is 85.6 cm³/mol. The lowest BCUT2D eigenvalue weighted by Gasteiger charge is -2.10. The molecule has 0 aliphatic rings. The van der Waals surface area contributed by atoms with Crippen molar-refractivity contribution >= 4 is 23.4 Å². The van der Waals surface area contributed by atoms with Gasteiger partial charge >= 0.3 is 6.61 Å². The van der Waals surface area contributed by atoms with Gasteiger partial charge in [-0.1, -0.05) is 29.8 Å². The van der Waals surface area contributed by atoms with Crippen LogP contribution in [0, 0.1) is 0 Å². The van der Waals surface area contributed by atoms with Gasteiger partial charge < -0.3 is 9.47 Å². The molecule has 0 fully saturated rings. The molecule has 0 heterocycles. The smallest absolute Gasteiger partial charge is 0.387 e. The molecule has 2 N–H and O–H groups in total. The van der Waals surface area contributed by atoms with Crippen LogP contribution in [0.2, 0.25) is 5.02 Å². The fourth-order valence-electron chi connectivity index (χ4n) is 1.75. The maximum Gasteiger partial charge on any atom is 0.387 e.